The molecule has 1 aromatic heterocycles. The molecule has 1 amide bonds. The van der Waals surface area contributed by atoms with Gasteiger partial charge in [-0.15, -0.1) is 0 Å². The van der Waals surface area contributed by atoms with E-state index in [1.54, 1.807) is 4.90 Å². The van der Waals surface area contributed by atoms with Gasteiger partial charge < -0.3 is 4.90 Å². The van der Waals surface area contributed by atoms with Crippen molar-refractivity contribution in [2.24, 2.45) is 0 Å². The van der Waals surface area contributed by atoms with E-state index in [1.165, 1.54) is 36.6 Å². The van der Waals surface area contributed by atoms with E-state index in [2.05, 4.69) is 35.2 Å². The highest BCUT2D eigenvalue weighted by molar-refractivity contribution is 8.26. The molecule has 0 unspecified atom stereocenters. The topological polar surface area (TPSA) is 36.4 Å². The molecule has 3 heterocycles. The molecule has 2 saturated heterocycles. The molecule has 2 aliphatic rings. The molecule has 5 rings (SSSR count). The summed E-state index contributed by atoms with van der Waals surface area (Å²) in [7, 11) is 0. The number of nitrogens with zero attached hydrogens (tertiary/aromatic N) is 3. The number of amides is 1. The molecule has 2 aromatic carbocycles. The van der Waals surface area contributed by atoms with Crippen LogP contribution in [-0.4, -0.2) is 39.7 Å². The van der Waals surface area contributed by atoms with Crippen molar-refractivity contribution in [3.05, 3.63) is 76.7 Å². The first-order valence-electron chi connectivity index (χ1n) is 11.1. The smallest absolute Gasteiger partial charge is 0.266 e. The Morgan fingerprint density at radius 2 is 1.75 bits per heavy atom. The first-order valence-corrected chi connectivity index (χ1v) is 12.4. The summed E-state index contributed by atoms with van der Waals surface area (Å²) < 4.78 is 0.630. The number of aromatic nitrogens is 1. The first kappa shape index (κ1) is 21.2. The predicted octanol–water partition coefficient (Wildman–Crippen LogP) is 5.67. The van der Waals surface area contributed by atoms with Crippen LogP contribution in [0.5, 0.6) is 0 Å². The van der Waals surface area contributed by atoms with Crippen molar-refractivity contribution in [2.45, 2.75) is 25.7 Å². The van der Waals surface area contributed by atoms with Gasteiger partial charge in [0.1, 0.15) is 10.1 Å². The molecule has 0 saturated carbocycles. The van der Waals surface area contributed by atoms with Crippen molar-refractivity contribution in [3.63, 3.8) is 0 Å². The van der Waals surface area contributed by atoms with E-state index in [0.29, 0.717) is 15.8 Å². The fraction of sp³-hybridized carbons (Fsp3) is 0.269. The molecule has 0 N–H and O–H groups in total. The van der Waals surface area contributed by atoms with E-state index in [4.69, 9.17) is 17.2 Å². The van der Waals surface area contributed by atoms with Crippen LogP contribution in [0.1, 0.15) is 30.4 Å². The summed E-state index contributed by atoms with van der Waals surface area (Å²) in [5, 5.41) is 1.08. The van der Waals surface area contributed by atoms with Gasteiger partial charge in [-0.3, -0.25) is 9.69 Å². The molecule has 32 heavy (non-hydrogen) atoms. The Hall–Kier alpha value is -2.70. The predicted molar refractivity (Wildman–Crippen MR) is 138 cm³/mol. The zero-order chi connectivity index (χ0) is 21.9. The number of pyridine rings is 1. The monoisotopic (exact) mass is 459 g/mol. The molecule has 0 spiro atoms. The van der Waals surface area contributed by atoms with Gasteiger partial charge in [0, 0.05) is 30.6 Å². The second-order valence-electron chi connectivity index (χ2n) is 8.21. The van der Waals surface area contributed by atoms with Crippen LogP contribution in [0.4, 0.5) is 5.82 Å². The minimum absolute atomic E-state index is 0.00585. The third-order valence-corrected chi connectivity index (χ3v) is 7.39. The highest BCUT2D eigenvalue weighted by atomic mass is 32.2. The van der Waals surface area contributed by atoms with Crippen LogP contribution in [0, 0.1) is 0 Å². The average Bonchev–Trinajstić information content (AvgIpc) is 3.10. The highest BCUT2D eigenvalue weighted by Crippen LogP contribution is 2.35. The lowest BCUT2D eigenvalue weighted by atomic mass is 10.1. The van der Waals surface area contributed by atoms with Crippen molar-refractivity contribution in [1.29, 1.82) is 0 Å². The Morgan fingerprint density at radius 3 is 2.56 bits per heavy atom. The summed E-state index contributed by atoms with van der Waals surface area (Å²) >= 11 is 6.96. The molecule has 2 aliphatic heterocycles. The Labute approximate surface area is 198 Å². The van der Waals surface area contributed by atoms with E-state index >= 15 is 0 Å². The SMILES string of the molecule is O=C1/C(=C/c2cc3ccccc3nc2N2CCCCC2)SC(=S)N1CCc1ccccc1. The second kappa shape index (κ2) is 9.43. The number of rotatable bonds is 5. The molecule has 0 aliphatic carbocycles. The standard InChI is InChI=1S/C26H25N3OS2/c30-25-23(32-26(31)29(25)16-13-19-9-3-1-4-10-19)18-21-17-20-11-5-6-12-22(20)27-24(21)28-14-7-2-8-15-28/h1,3-6,9-12,17-18H,2,7-8,13-16H2/b23-18-. The number of thioether (sulfide) groups is 1. The molecule has 0 atom stereocenters. The molecule has 2 fully saturated rings. The molecular weight excluding hydrogens is 434 g/mol. The summed E-state index contributed by atoms with van der Waals surface area (Å²) in [5.74, 6) is 0.964. The molecule has 6 heteroatoms. The van der Waals surface area contributed by atoms with Crippen molar-refractivity contribution in [2.75, 3.05) is 24.5 Å². The van der Waals surface area contributed by atoms with Gasteiger partial charge in [0.05, 0.1) is 10.4 Å². The minimum Gasteiger partial charge on any atom is -0.356 e. The molecule has 3 aromatic rings. The second-order valence-corrected chi connectivity index (χ2v) is 9.89. The fourth-order valence-electron chi connectivity index (χ4n) is 4.31. The third kappa shape index (κ3) is 4.43. The normalized spacial score (nSPS) is 18.2. The number of hydrogen-bond donors (Lipinski definition) is 0. The van der Waals surface area contributed by atoms with Crippen molar-refractivity contribution >= 4 is 57.0 Å². The summed E-state index contributed by atoms with van der Waals surface area (Å²) in [6, 6.07) is 20.5. The maximum Gasteiger partial charge on any atom is 0.266 e. The number of piperidine rings is 1. The van der Waals surface area contributed by atoms with Gasteiger partial charge in [-0.25, -0.2) is 4.98 Å². The Bertz CT molecular complexity index is 1190. The number of hydrogen-bond acceptors (Lipinski definition) is 5. The van der Waals surface area contributed by atoms with Crippen LogP contribution in [0.25, 0.3) is 17.0 Å². The molecule has 4 nitrogen and oxygen atoms in total. The lowest BCUT2D eigenvalue weighted by Crippen LogP contribution is -2.31. The average molecular weight is 460 g/mol. The number of fused-ring (bicyclic) bond motifs is 1. The van der Waals surface area contributed by atoms with Crippen LogP contribution in [0.3, 0.4) is 0 Å². The van der Waals surface area contributed by atoms with Gasteiger partial charge >= 0.3 is 0 Å². The van der Waals surface area contributed by atoms with Crippen LogP contribution in [0.15, 0.2) is 65.6 Å². The van der Waals surface area contributed by atoms with Gasteiger partial charge in [-0.2, -0.15) is 0 Å². The van der Waals surface area contributed by atoms with E-state index in [1.807, 2.05) is 36.4 Å². The maximum absolute atomic E-state index is 13.2. The van der Waals surface area contributed by atoms with Gasteiger partial charge in [0.15, 0.2) is 0 Å². The minimum atomic E-state index is -0.00585. The fourth-order valence-corrected chi connectivity index (χ4v) is 5.61. The Kier molecular flexibility index (Phi) is 6.23. The van der Waals surface area contributed by atoms with Crippen LogP contribution in [0.2, 0.25) is 0 Å². The lowest BCUT2D eigenvalue weighted by Gasteiger charge is -2.29. The number of carbonyl (C=O) groups is 1. The van der Waals surface area contributed by atoms with Gasteiger partial charge in [0.25, 0.3) is 5.91 Å². The molecule has 162 valence electrons. The number of anilines is 1. The van der Waals surface area contributed by atoms with Gasteiger partial charge in [-0.05, 0) is 49.5 Å². The van der Waals surface area contributed by atoms with Crippen molar-refractivity contribution < 1.29 is 4.79 Å². The highest BCUT2D eigenvalue weighted by Gasteiger charge is 2.32. The van der Waals surface area contributed by atoms with Crippen molar-refractivity contribution in [1.82, 2.24) is 9.88 Å². The van der Waals surface area contributed by atoms with E-state index in [9.17, 15) is 4.79 Å². The Morgan fingerprint density at radius 1 is 1.00 bits per heavy atom. The lowest BCUT2D eigenvalue weighted by molar-refractivity contribution is -0.122. The van der Waals surface area contributed by atoms with Crippen LogP contribution < -0.4 is 4.90 Å². The summed E-state index contributed by atoms with van der Waals surface area (Å²) in [6.07, 6.45) is 6.40. The van der Waals surface area contributed by atoms with E-state index < -0.39 is 0 Å². The van der Waals surface area contributed by atoms with E-state index in [0.717, 1.165) is 41.8 Å². The molecular formula is C26H25N3OS2. The summed E-state index contributed by atoms with van der Waals surface area (Å²) in [6.45, 7) is 2.61. The van der Waals surface area contributed by atoms with Crippen LogP contribution in [-0.2, 0) is 11.2 Å². The molecule has 0 radical (unpaired) electrons. The number of carbonyl (C=O) groups excluding carboxylic acids is 1. The largest absolute Gasteiger partial charge is 0.356 e. The summed E-state index contributed by atoms with van der Waals surface area (Å²) in [4.78, 5) is 23.0. The number of benzene rings is 2. The molecule has 0 bridgehead atoms. The number of para-hydroxylation sites is 1. The zero-order valence-electron chi connectivity index (χ0n) is 17.9. The van der Waals surface area contributed by atoms with Gasteiger partial charge in [-0.1, -0.05) is 72.5 Å². The number of thiocarbonyl (C=S) groups is 1. The zero-order valence-corrected chi connectivity index (χ0v) is 19.5. The third-order valence-electron chi connectivity index (χ3n) is 6.02. The maximum atomic E-state index is 13.2. The quantitative estimate of drug-likeness (QED) is 0.363. The van der Waals surface area contributed by atoms with Crippen molar-refractivity contribution in [3.8, 4) is 0 Å². The van der Waals surface area contributed by atoms with Crippen LogP contribution >= 0.6 is 24.0 Å². The Balaban J connectivity index is 1.45. The van der Waals surface area contributed by atoms with E-state index in [-0.39, 0.29) is 5.91 Å². The van der Waals surface area contributed by atoms with Gasteiger partial charge in [0.2, 0.25) is 0 Å². The summed E-state index contributed by atoms with van der Waals surface area (Å²) in [5.41, 5.74) is 3.19. The first-order chi connectivity index (χ1) is 15.7.